The van der Waals surface area contributed by atoms with Crippen LogP contribution in [-0.2, 0) is 5.41 Å². The lowest BCUT2D eigenvalue weighted by atomic mass is 9.86. The summed E-state index contributed by atoms with van der Waals surface area (Å²) in [5, 5.41) is 18.7. The molecular formula is C21H33NO3. The second-order valence-electron chi connectivity index (χ2n) is 8.28. The van der Waals surface area contributed by atoms with Gasteiger partial charge in [0.2, 0.25) is 0 Å². The maximum atomic E-state index is 12.3. The Balaban J connectivity index is 1.72. The molecule has 1 fully saturated rings. The number of carbonyl (C=O) groups excluding carboxylic acids is 1. The van der Waals surface area contributed by atoms with Gasteiger partial charge in [-0.15, -0.1) is 0 Å². The molecule has 0 radical (unpaired) electrons. The molecule has 1 aromatic carbocycles. The zero-order valence-electron chi connectivity index (χ0n) is 15.9. The topological polar surface area (TPSA) is 60.8 Å². The summed E-state index contributed by atoms with van der Waals surface area (Å²) in [5.41, 5.74) is 2.16. The Labute approximate surface area is 151 Å². The number of hydrogen-bond donors (Lipinski definition) is 2. The number of likely N-dealkylation sites (tertiary alicyclic amines) is 1. The van der Waals surface area contributed by atoms with Gasteiger partial charge in [-0.05, 0) is 55.8 Å². The fourth-order valence-electron chi connectivity index (χ4n) is 3.47. The first-order chi connectivity index (χ1) is 11.8. The third-order valence-electron chi connectivity index (χ3n) is 5.31. The number of rotatable bonds is 7. The minimum atomic E-state index is -0.584. The molecule has 2 N–H and O–H groups in total. The Bertz CT molecular complexity index is 539. The largest absolute Gasteiger partial charge is 0.394 e. The smallest absolute Gasteiger partial charge is 0.162 e. The lowest BCUT2D eigenvalue weighted by Crippen LogP contribution is -2.39. The van der Waals surface area contributed by atoms with Gasteiger partial charge in [-0.25, -0.2) is 0 Å². The first kappa shape index (κ1) is 20.1. The summed E-state index contributed by atoms with van der Waals surface area (Å²) in [6.45, 7) is 9.18. The second kappa shape index (κ2) is 8.93. The van der Waals surface area contributed by atoms with Gasteiger partial charge in [-0.2, -0.15) is 0 Å². The number of piperidine rings is 1. The number of hydrogen-bond acceptors (Lipinski definition) is 4. The van der Waals surface area contributed by atoms with E-state index in [1.165, 1.54) is 5.56 Å². The maximum absolute atomic E-state index is 12.3. The van der Waals surface area contributed by atoms with E-state index in [-0.39, 0.29) is 23.7 Å². The van der Waals surface area contributed by atoms with Crippen LogP contribution in [0.3, 0.4) is 0 Å². The van der Waals surface area contributed by atoms with Crippen LogP contribution < -0.4 is 0 Å². The molecule has 1 heterocycles. The van der Waals surface area contributed by atoms with Gasteiger partial charge in [0.05, 0.1) is 12.7 Å². The van der Waals surface area contributed by atoms with Gasteiger partial charge < -0.3 is 15.1 Å². The predicted octanol–water partition coefficient (Wildman–Crippen LogP) is 3.01. The first-order valence-corrected chi connectivity index (χ1v) is 9.46. The van der Waals surface area contributed by atoms with Gasteiger partial charge in [0.25, 0.3) is 0 Å². The molecular weight excluding hydrogens is 314 g/mol. The van der Waals surface area contributed by atoms with Crippen molar-refractivity contribution in [2.45, 2.75) is 58.0 Å². The van der Waals surface area contributed by atoms with Crippen molar-refractivity contribution in [3.63, 3.8) is 0 Å². The molecule has 4 nitrogen and oxygen atoms in total. The molecule has 2 rings (SSSR count). The summed E-state index contributed by atoms with van der Waals surface area (Å²) >= 11 is 0. The third-order valence-corrected chi connectivity index (χ3v) is 5.31. The molecule has 1 aromatic rings. The van der Waals surface area contributed by atoms with E-state index in [1.807, 2.05) is 12.1 Å². The van der Waals surface area contributed by atoms with E-state index in [0.717, 1.165) is 44.5 Å². The highest BCUT2D eigenvalue weighted by Gasteiger charge is 2.24. The number of aliphatic hydroxyl groups excluding tert-OH is 2. The van der Waals surface area contributed by atoms with Crippen LogP contribution in [0.25, 0.3) is 0 Å². The average molecular weight is 347 g/mol. The maximum Gasteiger partial charge on any atom is 0.162 e. The van der Waals surface area contributed by atoms with E-state index < -0.39 is 6.10 Å². The predicted molar refractivity (Wildman–Crippen MR) is 101 cm³/mol. The Morgan fingerprint density at radius 2 is 1.80 bits per heavy atom. The van der Waals surface area contributed by atoms with Crippen molar-refractivity contribution in [2.24, 2.45) is 5.92 Å². The summed E-state index contributed by atoms with van der Waals surface area (Å²) in [5.74, 6) is 0.426. The van der Waals surface area contributed by atoms with E-state index in [0.29, 0.717) is 6.42 Å². The molecule has 1 unspecified atom stereocenters. The summed E-state index contributed by atoms with van der Waals surface area (Å²) in [6, 6.07) is 8.02. The molecule has 1 saturated heterocycles. The fraction of sp³-hybridized carbons (Fsp3) is 0.667. The van der Waals surface area contributed by atoms with Gasteiger partial charge in [-0.3, -0.25) is 4.79 Å². The number of aliphatic hydroxyl groups is 2. The van der Waals surface area contributed by atoms with Crippen LogP contribution in [0.5, 0.6) is 0 Å². The first-order valence-electron chi connectivity index (χ1n) is 9.46. The Morgan fingerprint density at radius 1 is 1.20 bits per heavy atom. The number of benzene rings is 1. The highest BCUT2D eigenvalue weighted by molar-refractivity contribution is 5.96. The number of Topliss-reactive ketones (excluding diaryl/α,β-unsaturated/α-hetero) is 1. The minimum Gasteiger partial charge on any atom is -0.394 e. The van der Waals surface area contributed by atoms with Crippen molar-refractivity contribution in [3.8, 4) is 0 Å². The van der Waals surface area contributed by atoms with Crippen molar-refractivity contribution in [3.05, 3.63) is 35.4 Å². The second-order valence-corrected chi connectivity index (χ2v) is 8.28. The molecule has 25 heavy (non-hydrogen) atoms. The molecule has 0 aliphatic carbocycles. The molecule has 1 atom stereocenters. The zero-order valence-corrected chi connectivity index (χ0v) is 15.9. The van der Waals surface area contributed by atoms with Gasteiger partial charge in [0.15, 0.2) is 5.78 Å². The van der Waals surface area contributed by atoms with Crippen LogP contribution >= 0.6 is 0 Å². The molecule has 140 valence electrons. The number of nitrogens with zero attached hydrogens (tertiary/aromatic N) is 1. The Kier molecular flexibility index (Phi) is 7.17. The molecule has 0 aromatic heterocycles. The van der Waals surface area contributed by atoms with Crippen LogP contribution in [0.4, 0.5) is 0 Å². The molecule has 0 spiro atoms. The molecule has 4 heteroatoms. The monoisotopic (exact) mass is 347 g/mol. The number of carbonyl (C=O) groups is 1. The van der Waals surface area contributed by atoms with Crippen LogP contribution in [0.1, 0.15) is 62.4 Å². The van der Waals surface area contributed by atoms with Crippen LogP contribution in [-0.4, -0.2) is 53.2 Å². The molecule has 1 aliphatic heterocycles. The lowest BCUT2D eigenvalue weighted by Gasteiger charge is -2.33. The lowest BCUT2D eigenvalue weighted by molar-refractivity contribution is 0.0182. The van der Waals surface area contributed by atoms with E-state index >= 15 is 0 Å². The minimum absolute atomic E-state index is 0.108. The van der Waals surface area contributed by atoms with E-state index in [4.69, 9.17) is 5.11 Å². The van der Waals surface area contributed by atoms with Crippen molar-refractivity contribution < 1.29 is 15.0 Å². The Hall–Kier alpha value is -1.23. The average Bonchev–Trinajstić information content (AvgIpc) is 2.61. The van der Waals surface area contributed by atoms with Crippen molar-refractivity contribution in [1.29, 1.82) is 0 Å². The zero-order chi connectivity index (χ0) is 18.4. The third kappa shape index (κ3) is 5.91. The van der Waals surface area contributed by atoms with Gasteiger partial charge >= 0.3 is 0 Å². The van der Waals surface area contributed by atoms with Gasteiger partial charge in [0, 0.05) is 12.0 Å². The SMILES string of the molecule is CC(C)(C)c1ccc(C(=O)CCCN2CCC(C(O)CO)CC2)cc1. The fourth-order valence-corrected chi connectivity index (χ4v) is 3.47. The normalized spacial score (nSPS) is 18.3. The van der Waals surface area contributed by atoms with Crippen LogP contribution in [0.2, 0.25) is 0 Å². The molecule has 1 aliphatic rings. The summed E-state index contributed by atoms with van der Waals surface area (Å²) in [7, 11) is 0. The van der Waals surface area contributed by atoms with E-state index in [1.54, 1.807) is 0 Å². The van der Waals surface area contributed by atoms with Crippen molar-refractivity contribution >= 4 is 5.78 Å². The van der Waals surface area contributed by atoms with Crippen LogP contribution in [0.15, 0.2) is 24.3 Å². The molecule has 0 saturated carbocycles. The highest BCUT2D eigenvalue weighted by Crippen LogP contribution is 2.23. The van der Waals surface area contributed by atoms with Crippen molar-refractivity contribution in [2.75, 3.05) is 26.2 Å². The summed E-state index contributed by atoms with van der Waals surface area (Å²) < 4.78 is 0. The summed E-state index contributed by atoms with van der Waals surface area (Å²) in [6.07, 6.45) is 2.70. The van der Waals surface area contributed by atoms with Gasteiger partial charge in [-0.1, -0.05) is 45.0 Å². The van der Waals surface area contributed by atoms with Gasteiger partial charge in [0.1, 0.15) is 0 Å². The quantitative estimate of drug-likeness (QED) is 0.745. The Morgan fingerprint density at radius 3 is 2.32 bits per heavy atom. The molecule has 0 bridgehead atoms. The van der Waals surface area contributed by atoms with E-state index in [9.17, 15) is 9.90 Å². The van der Waals surface area contributed by atoms with Crippen LogP contribution in [0, 0.1) is 5.92 Å². The number of ketones is 1. The highest BCUT2D eigenvalue weighted by atomic mass is 16.3. The van der Waals surface area contributed by atoms with Crippen molar-refractivity contribution in [1.82, 2.24) is 4.90 Å². The van der Waals surface area contributed by atoms with E-state index in [2.05, 4.69) is 37.8 Å². The standard InChI is InChI=1S/C21H33NO3/c1-21(2,3)18-8-6-16(7-9-18)19(24)5-4-12-22-13-10-17(11-14-22)20(25)15-23/h6-9,17,20,23,25H,4-5,10-15H2,1-3H3. The summed E-state index contributed by atoms with van der Waals surface area (Å²) in [4.78, 5) is 14.7. The molecule has 0 amide bonds.